The maximum absolute atomic E-state index is 13.1. The first kappa shape index (κ1) is 17.6. The third-order valence-corrected chi connectivity index (χ3v) is 4.89. The lowest BCUT2D eigenvalue weighted by Gasteiger charge is -2.29. The van der Waals surface area contributed by atoms with Crippen LogP contribution in [0, 0.1) is 0 Å². The number of fused-ring (bicyclic) bond motifs is 1. The van der Waals surface area contributed by atoms with E-state index in [9.17, 15) is 4.79 Å². The Hall–Kier alpha value is -2.83. The summed E-state index contributed by atoms with van der Waals surface area (Å²) >= 11 is 12.5. The third-order valence-electron chi connectivity index (χ3n) is 4.33. The molecular weight excluding hydrogens is 385 g/mol. The minimum Gasteiger partial charge on any atom is -0.328 e. The molecule has 1 aromatic heterocycles. The highest BCUT2D eigenvalue weighted by atomic mass is 35.5. The van der Waals surface area contributed by atoms with E-state index in [0.717, 1.165) is 0 Å². The van der Waals surface area contributed by atoms with Gasteiger partial charge in [-0.2, -0.15) is 10.1 Å². The standard InChI is InChI=1S/C19H15Cl2N5O/c1-11-16(18(27)25-13-5-3-2-4-6-13)17(26-19(24-11)22-10-23-26)14-8-7-12(20)9-15(14)21/h2-10,17H,1H3,(H,25,27)(H,22,23,24)/t17-/m0/s1. The number of para-hydroxylation sites is 1. The molecule has 2 aromatic carbocycles. The number of rotatable bonds is 3. The predicted octanol–water partition coefficient (Wildman–Crippen LogP) is 4.51. The molecule has 0 saturated carbocycles. The summed E-state index contributed by atoms with van der Waals surface area (Å²) in [6.45, 7) is 1.83. The van der Waals surface area contributed by atoms with Gasteiger partial charge in [-0.05, 0) is 31.2 Å². The van der Waals surface area contributed by atoms with Crippen LogP contribution in [-0.4, -0.2) is 20.7 Å². The van der Waals surface area contributed by atoms with E-state index in [1.54, 1.807) is 22.9 Å². The predicted molar refractivity (Wildman–Crippen MR) is 106 cm³/mol. The molecule has 136 valence electrons. The molecule has 2 heterocycles. The van der Waals surface area contributed by atoms with Crippen molar-refractivity contribution in [3.05, 3.63) is 81.7 Å². The molecule has 0 saturated heterocycles. The normalized spacial score (nSPS) is 15.9. The van der Waals surface area contributed by atoms with E-state index in [1.807, 2.05) is 37.3 Å². The van der Waals surface area contributed by atoms with Gasteiger partial charge < -0.3 is 10.6 Å². The van der Waals surface area contributed by atoms with Gasteiger partial charge >= 0.3 is 0 Å². The fraction of sp³-hybridized carbons (Fsp3) is 0.105. The highest BCUT2D eigenvalue weighted by Crippen LogP contribution is 2.38. The molecular formula is C19H15Cl2N5O. The van der Waals surface area contributed by atoms with Crippen LogP contribution in [0.15, 0.2) is 66.1 Å². The zero-order chi connectivity index (χ0) is 19.0. The molecule has 27 heavy (non-hydrogen) atoms. The van der Waals surface area contributed by atoms with Crippen molar-refractivity contribution in [2.24, 2.45) is 0 Å². The Balaban J connectivity index is 1.81. The number of carbonyl (C=O) groups excluding carboxylic acids is 1. The van der Waals surface area contributed by atoms with Crippen LogP contribution in [0.25, 0.3) is 0 Å². The number of benzene rings is 2. The van der Waals surface area contributed by atoms with Gasteiger partial charge in [-0.1, -0.05) is 47.5 Å². The van der Waals surface area contributed by atoms with Crippen molar-refractivity contribution in [1.82, 2.24) is 14.8 Å². The first-order chi connectivity index (χ1) is 13.0. The van der Waals surface area contributed by atoms with Crippen molar-refractivity contribution in [3.63, 3.8) is 0 Å². The summed E-state index contributed by atoms with van der Waals surface area (Å²) in [5.74, 6) is 0.295. The van der Waals surface area contributed by atoms with E-state index in [-0.39, 0.29) is 5.91 Å². The Morgan fingerprint density at radius 1 is 1.19 bits per heavy atom. The van der Waals surface area contributed by atoms with Crippen molar-refractivity contribution in [2.75, 3.05) is 10.6 Å². The molecule has 0 spiro atoms. The summed E-state index contributed by atoms with van der Waals surface area (Å²) in [4.78, 5) is 17.3. The molecule has 1 atom stereocenters. The molecule has 1 aliphatic heterocycles. The Bertz CT molecular complexity index is 1050. The lowest BCUT2D eigenvalue weighted by atomic mass is 9.95. The quantitative estimate of drug-likeness (QED) is 0.679. The molecule has 4 rings (SSSR count). The fourth-order valence-corrected chi connectivity index (χ4v) is 3.63. The van der Waals surface area contributed by atoms with E-state index in [0.29, 0.717) is 38.5 Å². The molecule has 8 heteroatoms. The Morgan fingerprint density at radius 3 is 2.70 bits per heavy atom. The summed E-state index contributed by atoms with van der Waals surface area (Å²) in [6.07, 6.45) is 1.43. The number of nitrogens with zero attached hydrogens (tertiary/aromatic N) is 3. The van der Waals surface area contributed by atoms with E-state index in [1.165, 1.54) is 6.33 Å². The number of carbonyl (C=O) groups is 1. The second-order valence-corrected chi connectivity index (χ2v) is 6.92. The van der Waals surface area contributed by atoms with E-state index < -0.39 is 6.04 Å². The lowest BCUT2D eigenvalue weighted by molar-refractivity contribution is -0.113. The molecule has 2 N–H and O–H groups in total. The van der Waals surface area contributed by atoms with Gasteiger partial charge in [0.2, 0.25) is 5.95 Å². The molecule has 0 radical (unpaired) electrons. The van der Waals surface area contributed by atoms with Crippen molar-refractivity contribution in [3.8, 4) is 0 Å². The summed E-state index contributed by atoms with van der Waals surface area (Å²) < 4.78 is 1.64. The first-order valence-corrected chi connectivity index (χ1v) is 8.99. The van der Waals surface area contributed by atoms with Crippen molar-refractivity contribution in [1.29, 1.82) is 0 Å². The van der Waals surface area contributed by atoms with Crippen LogP contribution in [0.3, 0.4) is 0 Å². The van der Waals surface area contributed by atoms with Crippen molar-refractivity contribution in [2.45, 2.75) is 13.0 Å². The van der Waals surface area contributed by atoms with Crippen LogP contribution in [0.1, 0.15) is 18.5 Å². The van der Waals surface area contributed by atoms with Crippen LogP contribution in [0.5, 0.6) is 0 Å². The molecule has 0 bridgehead atoms. The van der Waals surface area contributed by atoms with Crippen LogP contribution < -0.4 is 10.6 Å². The van der Waals surface area contributed by atoms with Crippen molar-refractivity contribution < 1.29 is 4.79 Å². The maximum atomic E-state index is 13.1. The first-order valence-electron chi connectivity index (χ1n) is 8.23. The Kier molecular flexibility index (Phi) is 4.59. The Morgan fingerprint density at radius 2 is 1.96 bits per heavy atom. The molecule has 0 unspecified atom stereocenters. The number of allylic oxidation sites excluding steroid dienone is 1. The van der Waals surface area contributed by atoms with Crippen LogP contribution >= 0.6 is 23.2 Å². The summed E-state index contributed by atoms with van der Waals surface area (Å²) in [6, 6.07) is 13.9. The second-order valence-electron chi connectivity index (χ2n) is 6.08. The average Bonchev–Trinajstić information content (AvgIpc) is 3.09. The van der Waals surface area contributed by atoms with Gasteiger partial charge in [0.1, 0.15) is 12.4 Å². The van der Waals surface area contributed by atoms with Gasteiger partial charge in [0.15, 0.2) is 0 Å². The van der Waals surface area contributed by atoms with Crippen LogP contribution in [-0.2, 0) is 4.79 Å². The second kappa shape index (κ2) is 7.06. The van der Waals surface area contributed by atoms with Gasteiger partial charge in [-0.3, -0.25) is 4.79 Å². The fourth-order valence-electron chi connectivity index (χ4n) is 3.12. The topological polar surface area (TPSA) is 71.8 Å². The number of hydrogen-bond acceptors (Lipinski definition) is 4. The van der Waals surface area contributed by atoms with E-state index in [2.05, 4.69) is 20.7 Å². The molecule has 3 aromatic rings. The number of amides is 1. The van der Waals surface area contributed by atoms with Gasteiger partial charge in [0, 0.05) is 27.0 Å². The minimum absolute atomic E-state index is 0.247. The van der Waals surface area contributed by atoms with Gasteiger partial charge in [-0.25, -0.2) is 4.68 Å². The summed E-state index contributed by atoms with van der Waals surface area (Å²) in [5.41, 5.74) is 2.60. The Labute approximate surface area is 165 Å². The third kappa shape index (κ3) is 3.29. The summed E-state index contributed by atoms with van der Waals surface area (Å²) in [7, 11) is 0. The largest absolute Gasteiger partial charge is 0.328 e. The number of halogens is 2. The van der Waals surface area contributed by atoms with Gasteiger partial charge in [-0.15, -0.1) is 0 Å². The smallest absolute Gasteiger partial charge is 0.255 e. The summed E-state index contributed by atoms with van der Waals surface area (Å²) in [5, 5.41) is 11.3. The number of anilines is 2. The van der Waals surface area contributed by atoms with E-state index >= 15 is 0 Å². The van der Waals surface area contributed by atoms with E-state index in [4.69, 9.17) is 23.2 Å². The average molecular weight is 400 g/mol. The molecule has 0 aliphatic carbocycles. The lowest BCUT2D eigenvalue weighted by Crippen LogP contribution is -2.31. The highest BCUT2D eigenvalue weighted by molar-refractivity contribution is 6.35. The maximum Gasteiger partial charge on any atom is 0.255 e. The van der Waals surface area contributed by atoms with Crippen LogP contribution in [0.2, 0.25) is 10.0 Å². The zero-order valence-corrected chi connectivity index (χ0v) is 15.8. The number of aromatic nitrogens is 3. The van der Waals surface area contributed by atoms with Crippen LogP contribution in [0.4, 0.5) is 11.6 Å². The van der Waals surface area contributed by atoms with Gasteiger partial charge in [0.05, 0.1) is 5.57 Å². The number of hydrogen-bond donors (Lipinski definition) is 2. The highest BCUT2D eigenvalue weighted by Gasteiger charge is 2.34. The van der Waals surface area contributed by atoms with Gasteiger partial charge in [0.25, 0.3) is 5.91 Å². The SMILES string of the molecule is CC1=C(C(=O)Nc2ccccc2)[C@H](c2ccc(Cl)cc2Cl)n2ncnc2N1. The zero-order valence-electron chi connectivity index (χ0n) is 14.3. The minimum atomic E-state index is -0.530. The monoisotopic (exact) mass is 399 g/mol. The number of nitrogens with one attached hydrogen (secondary N) is 2. The molecule has 1 amide bonds. The molecule has 6 nitrogen and oxygen atoms in total. The molecule has 1 aliphatic rings. The van der Waals surface area contributed by atoms with Crippen molar-refractivity contribution >= 4 is 40.7 Å². The molecule has 0 fully saturated rings.